The van der Waals surface area contributed by atoms with Crippen LogP contribution >= 0.6 is 11.3 Å². The zero-order valence-corrected chi connectivity index (χ0v) is 13.1. The minimum atomic E-state index is -4.39. The average Bonchev–Trinajstić information content (AvgIpc) is 3.18. The Morgan fingerprint density at radius 3 is 2.09 bits per heavy atom. The lowest BCUT2D eigenvalue weighted by atomic mass is 10.1. The summed E-state index contributed by atoms with van der Waals surface area (Å²) in [6.45, 7) is 0. The Kier molecular flexibility index (Phi) is 3.81. The SMILES string of the molecule is O=S(=O)(c1ccc(-c2ccc(C(F)(F)F)cc2)s1)n1cccc1. The monoisotopic (exact) mass is 357 g/mol. The van der Waals surface area contributed by atoms with Crippen LogP contribution in [0.15, 0.2) is 65.1 Å². The molecule has 3 rings (SSSR count). The molecule has 8 heteroatoms. The van der Waals surface area contributed by atoms with Gasteiger partial charge in [0.15, 0.2) is 0 Å². The fraction of sp³-hybridized carbons (Fsp3) is 0.0667. The van der Waals surface area contributed by atoms with E-state index in [0.29, 0.717) is 10.4 Å². The highest BCUT2D eigenvalue weighted by molar-refractivity contribution is 7.92. The van der Waals surface area contributed by atoms with Gasteiger partial charge in [0.25, 0.3) is 10.0 Å². The molecule has 0 bridgehead atoms. The van der Waals surface area contributed by atoms with E-state index in [1.165, 1.54) is 30.6 Å². The summed E-state index contributed by atoms with van der Waals surface area (Å²) in [5, 5.41) is 0. The molecule has 23 heavy (non-hydrogen) atoms. The Bertz CT molecular complexity index is 909. The third-order valence-electron chi connectivity index (χ3n) is 3.19. The third kappa shape index (κ3) is 3.04. The molecule has 2 heterocycles. The standard InChI is InChI=1S/C15H10F3NO2S2/c16-15(17,18)12-5-3-11(4-6-12)13-7-8-14(22-13)23(20,21)19-9-1-2-10-19/h1-10H. The van der Waals surface area contributed by atoms with E-state index in [0.717, 1.165) is 27.4 Å². The van der Waals surface area contributed by atoms with Crippen molar-refractivity contribution >= 4 is 21.4 Å². The molecule has 0 aliphatic carbocycles. The van der Waals surface area contributed by atoms with Crippen molar-refractivity contribution in [2.45, 2.75) is 10.4 Å². The number of aromatic nitrogens is 1. The zero-order valence-electron chi connectivity index (χ0n) is 11.5. The predicted molar refractivity (Wildman–Crippen MR) is 81.8 cm³/mol. The highest BCUT2D eigenvalue weighted by Gasteiger charge is 2.30. The maximum absolute atomic E-state index is 12.6. The van der Waals surface area contributed by atoms with E-state index in [4.69, 9.17) is 0 Å². The Balaban J connectivity index is 1.94. The van der Waals surface area contributed by atoms with Crippen molar-refractivity contribution in [1.29, 1.82) is 0 Å². The van der Waals surface area contributed by atoms with E-state index >= 15 is 0 Å². The summed E-state index contributed by atoms with van der Waals surface area (Å²) in [5.74, 6) is 0. The molecule has 0 saturated heterocycles. The molecule has 0 atom stereocenters. The normalized spacial score (nSPS) is 12.5. The molecule has 0 unspecified atom stereocenters. The van der Waals surface area contributed by atoms with Crippen molar-refractivity contribution < 1.29 is 21.6 Å². The number of halogens is 3. The first-order valence-electron chi connectivity index (χ1n) is 6.44. The smallest absolute Gasteiger partial charge is 0.248 e. The third-order valence-corrected chi connectivity index (χ3v) is 6.44. The number of alkyl halides is 3. The van der Waals surface area contributed by atoms with Crippen LogP contribution < -0.4 is 0 Å². The van der Waals surface area contributed by atoms with Gasteiger partial charge in [0, 0.05) is 17.3 Å². The zero-order chi connectivity index (χ0) is 16.7. The molecule has 0 aliphatic heterocycles. The van der Waals surface area contributed by atoms with Crippen LogP contribution in [0.3, 0.4) is 0 Å². The number of nitrogens with zero attached hydrogens (tertiary/aromatic N) is 1. The maximum Gasteiger partial charge on any atom is 0.416 e. The van der Waals surface area contributed by atoms with Crippen LogP contribution in [0.4, 0.5) is 13.2 Å². The molecule has 1 aromatic carbocycles. The lowest BCUT2D eigenvalue weighted by molar-refractivity contribution is -0.137. The summed E-state index contributed by atoms with van der Waals surface area (Å²) in [6.07, 6.45) is -1.55. The summed E-state index contributed by atoms with van der Waals surface area (Å²) in [7, 11) is -3.66. The molecule has 0 amide bonds. The number of hydrogen-bond donors (Lipinski definition) is 0. The number of hydrogen-bond acceptors (Lipinski definition) is 3. The van der Waals surface area contributed by atoms with Gasteiger partial charge < -0.3 is 0 Å². The first-order chi connectivity index (χ1) is 10.8. The van der Waals surface area contributed by atoms with Crippen LogP contribution in [0.2, 0.25) is 0 Å². The number of thiophene rings is 1. The van der Waals surface area contributed by atoms with Gasteiger partial charge in [-0.25, -0.2) is 3.97 Å². The van der Waals surface area contributed by atoms with Crippen molar-refractivity contribution in [2.24, 2.45) is 0 Å². The van der Waals surface area contributed by atoms with E-state index in [1.807, 2.05) is 0 Å². The van der Waals surface area contributed by atoms with Gasteiger partial charge in [-0.3, -0.25) is 0 Å². The van der Waals surface area contributed by atoms with Gasteiger partial charge in [-0.2, -0.15) is 21.6 Å². The van der Waals surface area contributed by atoms with Crippen LogP contribution in [0.25, 0.3) is 10.4 Å². The highest BCUT2D eigenvalue weighted by Crippen LogP contribution is 2.34. The second-order valence-electron chi connectivity index (χ2n) is 4.71. The minimum absolute atomic E-state index is 0.128. The van der Waals surface area contributed by atoms with Crippen molar-refractivity contribution in [2.75, 3.05) is 0 Å². The van der Waals surface area contributed by atoms with E-state index in [1.54, 1.807) is 18.2 Å². The lowest BCUT2D eigenvalue weighted by Crippen LogP contribution is -2.08. The summed E-state index contributed by atoms with van der Waals surface area (Å²) in [6, 6.07) is 10.9. The van der Waals surface area contributed by atoms with Gasteiger partial charge >= 0.3 is 6.18 Å². The molecule has 2 aromatic heterocycles. The summed E-state index contributed by atoms with van der Waals surface area (Å²) < 4.78 is 63.6. The van der Waals surface area contributed by atoms with Gasteiger partial charge in [-0.05, 0) is 42.0 Å². The van der Waals surface area contributed by atoms with Gasteiger partial charge in [-0.1, -0.05) is 12.1 Å². The summed E-state index contributed by atoms with van der Waals surface area (Å²) >= 11 is 1.01. The second kappa shape index (κ2) is 5.54. The van der Waals surface area contributed by atoms with Crippen LogP contribution in [0.5, 0.6) is 0 Å². The van der Waals surface area contributed by atoms with E-state index < -0.39 is 21.8 Å². The first-order valence-corrected chi connectivity index (χ1v) is 8.70. The molecule has 0 spiro atoms. The Morgan fingerprint density at radius 2 is 1.52 bits per heavy atom. The molecule has 0 radical (unpaired) electrons. The largest absolute Gasteiger partial charge is 0.416 e. The highest BCUT2D eigenvalue weighted by atomic mass is 32.2. The Hall–Kier alpha value is -2.06. The van der Waals surface area contributed by atoms with Crippen molar-refractivity contribution in [1.82, 2.24) is 3.97 Å². The van der Waals surface area contributed by atoms with Crippen LogP contribution in [0, 0.1) is 0 Å². The number of rotatable bonds is 3. The average molecular weight is 357 g/mol. The van der Waals surface area contributed by atoms with Gasteiger partial charge in [0.05, 0.1) is 5.56 Å². The minimum Gasteiger partial charge on any atom is -0.248 e. The molecule has 120 valence electrons. The van der Waals surface area contributed by atoms with Crippen LogP contribution in [0.1, 0.15) is 5.56 Å². The molecule has 0 aliphatic rings. The van der Waals surface area contributed by atoms with Crippen molar-refractivity contribution in [3.63, 3.8) is 0 Å². The number of benzene rings is 1. The maximum atomic E-state index is 12.6. The van der Waals surface area contributed by atoms with Gasteiger partial charge in [-0.15, -0.1) is 11.3 Å². The van der Waals surface area contributed by atoms with Crippen molar-refractivity contribution in [3.05, 3.63) is 66.5 Å². The summed E-state index contributed by atoms with van der Waals surface area (Å²) in [5.41, 5.74) is -0.199. The van der Waals surface area contributed by atoms with Crippen molar-refractivity contribution in [3.8, 4) is 10.4 Å². The van der Waals surface area contributed by atoms with Crippen LogP contribution in [-0.4, -0.2) is 12.4 Å². The summed E-state index contributed by atoms with van der Waals surface area (Å²) in [4.78, 5) is 0.587. The Morgan fingerprint density at radius 1 is 0.913 bits per heavy atom. The molecule has 0 N–H and O–H groups in total. The van der Waals surface area contributed by atoms with Crippen LogP contribution in [-0.2, 0) is 16.2 Å². The predicted octanol–water partition coefficient (Wildman–Crippen LogP) is 4.47. The van der Waals surface area contributed by atoms with E-state index in [2.05, 4.69) is 0 Å². The molecular formula is C15H10F3NO2S2. The van der Waals surface area contributed by atoms with Gasteiger partial charge in [0.2, 0.25) is 0 Å². The molecule has 0 saturated carbocycles. The van der Waals surface area contributed by atoms with Gasteiger partial charge in [0.1, 0.15) is 4.21 Å². The second-order valence-corrected chi connectivity index (χ2v) is 7.87. The first kappa shape index (κ1) is 15.8. The fourth-order valence-electron chi connectivity index (χ4n) is 2.02. The molecular weight excluding hydrogens is 347 g/mol. The topological polar surface area (TPSA) is 39.1 Å². The van der Waals surface area contributed by atoms with E-state index in [9.17, 15) is 21.6 Å². The fourth-order valence-corrected chi connectivity index (χ4v) is 4.62. The van der Waals surface area contributed by atoms with E-state index in [-0.39, 0.29) is 4.21 Å². The molecule has 3 aromatic rings. The molecule has 3 nitrogen and oxygen atoms in total. The quantitative estimate of drug-likeness (QED) is 0.694. The lowest BCUT2D eigenvalue weighted by Gasteiger charge is -2.06. The molecule has 0 fully saturated rings. The Labute approximate surface area is 134 Å².